The summed E-state index contributed by atoms with van der Waals surface area (Å²) >= 11 is 0. The summed E-state index contributed by atoms with van der Waals surface area (Å²) < 4.78 is 0. The first-order valence-corrected chi connectivity index (χ1v) is 5.07. The van der Waals surface area contributed by atoms with Crippen molar-refractivity contribution in [3.8, 4) is 11.4 Å². The van der Waals surface area contributed by atoms with Crippen molar-refractivity contribution < 1.29 is 4.79 Å². The lowest BCUT2D eigenvalue weighted by Gasteiger charge is -1.98. The molecule has 2 rings (SSSR count). The van der Waals surface area contributed by atoms with E-state index in [1.807, 2.05) is 12.1 Å². The first-order valence-electron chi connectivity index (χ1n) is 5.07. The average molecular weight is 232 g/mol. The lowest BCUT2D eigenvalue weighted by molar-refractivity contribution is -0.118. The van der Waals surface area contributed by atoms with Gasteiger partial charge in [-0.2, -0.15) is 4.98 Å². The second-order valence-corrected chi connectivity index (χ2v) is 3.27. The summed E-state index contributed by atoms with van der Waals surface area (Å²) in [7, 11) is 1.57. The van der Waals surface area contributed by atoms with Crippen LogP contribution >= 0.6 is 0 Å². The molecule has 0 atom stereocenters. The highest BCUT2D eigenvalue weighted by Crippen LogP contribution is 2.13. The summed E-state index contributed by atoms with van der Waals surface area (Å²) in [5.74, 6) is 0.896. The summed E-state index contributed by atoms with van der Waals surface area (Å²) in [6, 6.07) is 3.64. The monoisotopic (exact) mass is 232 g/mol. The second kappa shape index (κ2) is 5.06. The largest absolute Gasteiger partial charge is 0.358 e. The highest BCUT2D eigenvalue weighted by atomic mass is 16.1. The molecule has 7 nitrogen and oxygen atoms in total. The molecule has 3 N–H and O–H groups in total. The van der Waals surface area contributed by atoms with E-state index in [0.717, 1.165) is 5.56 Å². The average Bonchev–Trinajstić information content (AvgIpc) is 2.86. The maximum atomic E-state index is 11.0. The zero-order valence-corrected chi connectivity index (χ0v) is 9.27. The number of H-pyrrole nitrogens is 1. The molecule has 17 heavy (non-hydrogen) atoms. The molecule has 88 valence electrons. The van der Waals surface area contributed by atoms with Crippen LogP contribution in [0.5, 0.6) is 0 Å². The van der Waals surface area contributed by atoms with Gasteiger partial charge in [0.15, 0.2) is 5.82 Å². The Kier molecular flexibility index (Phi) is 3.29. The van der Waals surface area contributed by atoms with Crippen molar-refractivity contribution in [3.05, 3.63) is 24.5 Å². The quantitative estimate of drug-likeness (QED) is 0.691. The van der Waals surface area contributed by atoms with Crippen molar-refractivity contribution in [3.63, 3.8) is 0 Å². The molecule has 0 fully saturated rings. The third-order valence-corrected chi connectivity index (χ3v) is 2.13. The molecule has 2 aromatic heterocycles. The Labute approximate surface area is 97.7 Å². The number of hydrogen-bond acceptors (Lipinski definition) is 5. The van der Waals surface area contributed by atoms with Gasteiger partial charge in [-0.05, 0) is 12.1 Å². The van der Waals surface area contributed by atoms with Crippen LogP contribution in [0.4, 0.5) is 5.95 Å². The van der Waals surface area contributed by atoms with Crippen LogP contribution in [0, 0.1) is 0 Å². The van der Waals surface area contributed by atoms with E-state index in [-0.39, 0.29) is 12.5 Å². The van der Waals surface area contributed by atoms with Crippen LogP contribution < -0.4 is 10.6 Å². The molecule has 0 radical (unpaired) electrons. The fourth-order valence-corrected chi connectivity index (χ4v) is 1.23. The Morgan fingerprint density at radius 1 is 1.41 bits per heavy atom. The van der Waals surface area contributed by atoms with Gasteiger partial charge in [0, 0.05) is 25.0 Å². The molecule has 0 aliphatic carbocycles. The molecule has 0 spiro atoms. The predicted octanol–water partition coefficient (Wildman–Crippen LogP) is 0.0246. The van der Waals surface area contributed by atoms with Crippen LogP contribution in [0.15, 0.2) is 24.5 Å². The Hall–Kier alpha value is -2.44. The number of pyridine rings is 1. The maximum Gasteiger partial charge on any atom is 0.242 e. The van der Waals surface area contributed by atoms with Crippen molar-refractivity contribution in [2.75, 3.05) is 18.9 Å². The zero-order chi connectivity index (χ0) is 12.1. The molecule has 0 saturated heterocycles. The molecule has 0 aliphatic rings. The first kappa shape index (κ1) is 11.1. The Balaban J connectivity index is 2.04. The number of carbonyl (C=O) groups excluding carboxylic acids is 1. The van der Waals surface area contributed by atoms with E-state index in [1.54, 1.807) is 19.4 Å². The number of amides is 1. The van der Waals surface area contributed by atoms with Gasteiger partial charge in [0.25, 0.3) is 0 Å². The van der Waals surface area contributed by atoms with Gasteiger partial charge >= 0.3 is 0 Å². The standard InChI is InChI=1S/C10H12N6O/c1-11-8(17)6-13-10-14-9(15-16-10)7-2-4-12-5-3-7/h2-5H,6H2,1H3,(H,11,17)(H2,13,14,15,16). The number of nitrogens with zero attached hydrogens (tertiary/aromatic N) is 3. The topological polar surface area (TPSA) is 95.6 Å². The lowest BCUT2D eigenvalue weighted by atomic mass is 10.3. The molecule has 0 unspecified atom stereocenters. The molecular formula is C10H12N6O. The molecular weight excluding hydrogens is 220 g/mol. The summed E-state index contributed by atoms with van der Waals surface area (Å²) in [5.41, 5.74) is 0.889. The summed E-state index contributed by atoms with van der Waals surface area (Å²) in [6.45, 7) is 0.143. The van der Waals surface area contributed by atoms with Crippen LogP contribution in [-0.4, -0.2) is 39.7 Å². The van der Waals surface area contributed by atoms with Gasteiger partial charge in [-0.25, -0.2) is 0 Å². The third-order valence-electron chi connectivity index (χ3n) is 2.13. The van der Waals surface area contributed by atoms with Crippen LogP contribution in [0.3, 0.4) is 0 Å². The van der Waals surface area contributed by atoms with Gasteiger partial charge < -0.3 is 10.6 Å². The van der Waals surface area contributed by atoms with Crippen LogP contribution in [0.2, 0.25) is 0 Å². The number of nitrogens with one attached hydrogen (secondary N) is 3. The minimum Gasteiger partial charge on any atom is -0.358 e. The second-order valence-electron chi connectivity index (χ2n) is 3.27. The van der Waals surface area contributed by atoms with E-state index < -0.39 is 0 Å². The van der Waals surface area contributed by atoms with Gasteiger partial charge in [0.2, 0.25) is 11.9 Å². The van der Waals surface area contributed by atoms with Crippen LogP contribution in [-0.2, 0) is 4.79 Å². The number of aromatic nitrogens is 4. The molecule has 1 amide bonds. The van der Waals surface area contributed by atoms with Crippen LogP contribution in [0.1, 0.15) is 0 Å². The Bertz CT molecular complexity index is 495. The van der Waals surface area contributed by atoms with Crippen molar-refractivity contribution in [1.29, 1.82) is 0 Å². The van der Waals surface area contributed by atoms with Gasteiger partial charge in [-0.1, -0.05) is 0 Å². The highest BCUT2D eigenvalue weighted by molar-refractivity contribution is 5.79. The number of rotatable bonds is 4. The van der Waals surface area contributed by atoms with E-state index in [9.17, 15) is 4.79 Å². The molecule has 0 aliphatic heterocycles. The van der Waals surface area contributed by atoms with E-state index in [0.29, 0.717) is 11.8 Å². The maximum absolute atomic E-state index is 11.0. The third kappa shape index (κ3) is 2.77. The normalized spacial score (nSPS) is 9.94. The number of hydrogen-bond donors (Lipinski definition) is 3. The van der Waals surface area contributed by atoms with Gasteiger partial charge in [-0.15, -0.1) is 5.10 Å². The van der Waals surface area contributed by atoms with Gasteiger partial charge in [0.1, 0.15) is 0 Å². The van der Waals surface area contributed by atoms with Crippen LogP contribution in [0.25, 0.3) is 11.4 Å². The minimum atomic E-state index is -0.125. The molecule has 0 saturated carbocycles. The van der Waals surface area contributed by atoms with Gasteiger partial charge in [0.05, 0.1) is 6.54 Å². The summed E-state index contributed by atoms with van der Waals surface area (Å²) in [4.78, 5) is 19.1. The number of carbonyl (C=O) groups is 1. The van der Waals surface area contributed by atoms with E-state index in [2.05, 4.69) is 30.8 Å². The fourth-order valence-electron chi connectivity index (χ4n) is 1.23. The summed E-state index contributed by atoms with van der Waals surface area (Å²) in [6.07, 6.45) is 3.35. The summed E-state index contributed by atoms with van der Waals surface area (Å²) in [5, 5.41) is 12.0. The first-order chi connectivity index (χ1) is 8.29. The number of aromatic amines is 1. The Morgan fingerprint density at radius 2 is 2.18 bits per heavy atom. The minimum absolute atomic E-state index is 0.125. The SMILES string of the molecule is CNC(=O)CNc1n[nH]c(-c2ccncc2)n1. The zero-order valence-electron chi connectivity index (χ0n) is 9.27. The fraction of sp³-hybridized carbons (Fsp3) is 0.200. The van der Waals surface area contributed by atoms with E-state index in [1.165, 1.54) is 0 Å². The molecule has 0 bridgehead atoms. The number of likely N-dealkylation sites (N-methyl/N-ethyl adjacent to an activating group) is 1. The van der Waals surface area contributed by atoms with E-state index in [4.69, 9.17) is 0 Å². The Morgan fingerprint density at radius 3 is 2.88 bits per heavy atom. The number of anilines is 1. The molecule has 2 heterocycles. The molecule has 7 heteroatoms. The molecule has 2 aromatic rings. The highest BCUT2D eigenvalue weighted by Gasteiger charge is 2.05. The van der Waals surface area contributed by atoms with Crippen molar-refractivity contribution >= 4 is 11.9 Å². The van der Waals surface area contributed by atoms with Crippen molar-refractivity contribution in [2.24, 2.45) is 0 Å². The van der Waals surface area contributed by atoms with Gasteiger partial charge in [-0.3, -0.25) is 14.9 Å². The lowest BCUT2D eigenvalue weighted by Crippen LogP contribution is -2.26. The van der Waals surface area contributed by atoms with Crippen molar-refractivity contribution in [1.82, 2.24) is 25.5 Å². The predicted molar refractivity (Wildman–Crippen MR) is 62.2 cm³/mol. The smallest absolute Gasteiger partial charge is 0.242 e. The molecule has 0 aromatic carbocycles. The van der Waals surface area contributed by atoms with E-state index >= 15 is 0 Å². The van der Waals surface area contributed by atoms with Crippen molar-refractivity contribution in [2.45, 2.75) is 0 Å².